The fraction of sp³-hybridized carbons (Fsp3) is 0. The fourth-order valence-electron chi connectivity index (χ4n) is 0. The van der Waals surface area contributed by atoms with E-state index in [-0.39, 0.29) is 35.6 Å². The molecular weight excluding hydrogens is 164 g/mol. The molecule has 0 saturated heterocycles. The van der Waals surface area contributed by atoms with Gasteiger partial charge in [-0.15, -0.1) is 4.20 Å². The van der Waals surface area contributed by atoms with E-state index in [0.717, 1.165) is 0 Å². The first-order valence-corrected chi connectivity index (χ1v) is 2.25. The van der Waals surface area contributed by atoms with E-state index in [4.69, 9.17) is 14.4 Å². The second-order valence-corrected chi connectivity index (χ2v) is 1.42. The van der Waals surface area contributed by atoms with Crippen LogP contribution in [0.2, 0.25) is 0 Å². The molecule has 0 aromatic heterocycles. The molecule has 0 spiro atoms. The third kappa shape index (κ3) is 138. The van der Waals surface area contributed by atoms with Crippen LogP contribution < -0.4 is 0 Å². The summed E-state index contributed by atoms with van der Waals surface area (Å²) in [5, 5.41) is 0. The van der Waals surface area contributed by atoms with Crippen molar-refractivity contribution in [1.82, 2.24) is 0 Å². The SMILES string of the molecule is O=P(O)(O)F.[Co].[LiH]. The molecule has 43 valence electrons. The maximum absolute atomic E-state index is 10.4. The number of halogens is 1. The molecule has 0 aromatic carbocycles. The van der Waals surface area contributed by atoms with Crippen LogP contribution in [0.4, 0.5) is 4.20 Å². The molecule has 0 unspecified atom stereocenters. The van der Waals surface area contributed by atoms with E-state index in [1.807, 2.05) is 0 Å². The van der Waals surface area contributed by atoms with Crippen LogP contribution in [0.5, 0.6) is 0 Å². The van der Waals surface area contributed by atoms with E-state index in [1.54, 1.807) is 0 Å². The van der Waals surface area contributed by atoms with Gasteiger partial charge in [0.15, 0.2) is 0 Å². The van der Waals surface area contributed by atoms with Crippen molar-refractivity contribution < 1.29 is 35.3 Å². The van der Waals surface area contributed by atoms with Crippen molar-refractivity contribution in [1.29, 1.82) is 0 Å². The number of hydrogen-bond acceptors (Lipinski definition) is 1. The van der Waals surface area contributed by atoms with Gasteiger partial charge in [-0.3, -0.25) is 9.79 Å². The van der Waals surface area contributed by atoms with Gasteiger partial charge in [0.1, 0.15) is 0 Å². The Hall–Kier alpha value is 1.18. The average Bonchev–Trinajstić information content (AvgIpc) is 0.722. The molecule has 0 heterocycles. The molecule has 0 aliphatic heterocycles. The normalized spacial score (nSPS) is 8.43. The zero-order valence-electron chi connectivity index (χ0n) is 2.46. The van der Waals surface area contributed by atoms with Crippen molar-refractivity contribution in [3.63, 3.8) is 0 Å². The Balaban J connectivity index is -0.0000000800. The Bertz CT molecular complexity index is 61.1. The number of hydrogen-bond donors (Lipinski definition) is 2. The average molecular weight is 167 g/mol. The Morgan fingerprint density at radius 2 is 1.43 bits per heavy atom. The minimum atomic E-state index is -5.14. The van der Waals surface area contributed by atoms with Crippen LogP contribution in [0.1, 0.15) is 0 Å². The van der Waals surface area contributed by atoms with Crippen molar-refractivity contribution in [2.24, 2.45) is 0 Å². The quantitative estimate of drug-likeness (QED) is 0.374. The molecule has 1 radical (unpaired) electrons. The van der Waals surface area contributed by atoms with E-state index < -0.39 is 7.91 Å². The van der Waals surface area contributed by atoms with Crippen molar-refractivity contribution >= 4 is 26.8 Å². The van der Waals surface area contributed by atoms with Crippen molar-refractivity contribution in [3.8, 4) is 0 Å². The fourth-order valence-corrected chi connectivity index (χ4v) is 0. The molecule has 0 aliphatic carbocycles. The van der Waals surface area contributed by atoms with Gasteiger partial charge < -0.3 is 0 Å². The monoisotopic (exact) mass is 167 g/mol. The molecule has 0 rings (SSSR count). The van der Waals surface area contributed by atoms with E-state index in [9.17, 15) is 4.20 Å². The van der Waals surface area contributed by atoms with Crippen LogP contribution in [0, 0.1) is 0 Å². The molecule has 0 saturated carbocycles. The Labute approximate surface area is 62.3 Å². The van der Waals surface area contributed by atoms with Crippen molar-refractivity contribution in [3.05, 3.63) is 0 Å². The second-order valence-electron chi connectivity index (χ2n) is 0.473. The minimum absolute atomic E-state index is 0. The molecule has 0 aliphatic rings. The summed E-state index contributed by atoms with van der Waals surface area (Å²) < 4.78 is 19.0. The molecule has 0 amide bonds. The van der Waals surface area contributed by atoms with Crippen LogP contribution >= 0.6 is 7.91 Å². The summed E-state index contributed by atoms with van der Waals surface area (Å²) in [6.07, 6.45) is 0. The van der Waals surface area contributed by atoms with Gasteiger partial charge in [0, 0.05) is 16.8 Å². The first kappa shape index (κ1) is 15.7. The van der Waals surface area contributed by atoms with Gasteiger partial charge in [-0.05, 0) is 0 Å². The predicted octanol–water partition coefficient (Wildman–Crippen LogP) is -0.602. The molecule has 0 aromatic rings. The summed E-state index contributed by atoms with van der Waals surface area (Å²) in [4.78, 5) is 13.9. The zero-order chi connectivity index (χ0) is 4.50. The summed E-state index contributed by atoms with van der Waals surface area (Å²) >= 11 is 0. The maximum atomic E-state index is 10.4. The summed E-state index contributed by atoms with van der Waals surface area (Å²) in [5.74, 6) is 0. The standard InChI is InChI=1S/Co.FH2O3P.Li.H/c;1-5(2,3)4;;/h;(H2,2,3,4);;. The van der Waals surface area contributed by atoms with Crippen molar-refractivity contribution in [2.45, 2.75) is 0 Å². The summed E-state index contributed by atoms with van der Waals surface area (Å²) in [5.41, 5.74) is 0. The van der Waals surface area contributed by atoms with Crippen LogP contribution in [-0.4, -0.2) is 28.6 Å². The summed E-state index contributed by atoms with van der Waals surface area (Å²) in [6, 6.07) is 0. The first-order chi connectivity index (χ1) is 2.00. The van der Waals surface area contributed by atoms with Crippen LogP contribution in [0.3, 0.4) is 0 Å². The van der Waals surface area contributed by atoms with Gasteiger partial charge in [-0.2, -0.15) is 0 Å². The third-order valence-corrected chi connectivity index (χ3v) is 0. The summed E-state index contributed by atoms with van der Waals surface area (Å²) in [7, 11) is -5.14. The number of rotatable bonds is 0. The van der Waals surface area contributed by atoms with Crippen LogP contribution in [0.25, 0.3) is 0 Å². The second kappa shape index (κ2) is 5.32. The van der Waals surface area contributed by atoms with Gasteiger partial charge in [-0.1, -0.05) is 0 Å². The van der Waals surface area contributed by atoms with Crippen LogP contribution in [0.15, 0.2) is 0 Å². The van der Waals surface area contributed by atoms with Gasteiger partial charge in [0.2, 0.25) is 0 Å². The van der Waals surface area contributed by atoms with E-state index in [0.29, 0.717) is 0 Å². The molecule has 0 atom stereocenters. The van der Waals surface area contributed by atoms with Gasteiger partial charge >= 0.3 is 26.8 Å². The van der Waals surface area contributed by atoms with E-state index in [2.05, 4.69) is 0 Å². The van der Waals surface area contributed by atoms with Crippen molar-refractivity contribution in [2.75, 3.05) is 0 Å². The molecule has 2 N–H and O–H groups in total. The molecule has 3 nitrogen and oxygen atoms in total. The van der Waals surface area contributed by atoms with Crippen LogP contribution in [-0.2, 0) is 21.3 Å². The third-order valence-electron chi connectivity index (χ3n) is 0. The van der Waals surface area contributed by atoms with E-state index in [1.165, 1.54) is 0 Å². The Morgan fingerprint density at radius 1 is 1.43 bits per heavy atom. The van der Waals surface area contributed by atoms with Gasteiger partial charge in [-0.25, -0.2) is 4.57 Å². The Morgan fingerprint density at radius 3 is 1.43 bits per heavy atom. The molecular formula is H3CoFLiO3P. The Kier molecular flexibility index (Phi) is 12.0. The summed E-state index contributed by atoms with van der Waals surface area (Å²) in [6.45, 7) is 0. The van der Waals surface area contributed by atoms with E-state index >= 15 is 0 Å². The van der Waals surface area contributed by atoms with Gasteiger partial charge in [0.05, 0.1) is 0 Å². The first-order valence-electron chi connectivity index (χ1n) is 0.752. The zero-order valence-corrected chi connectivity index (χ0v) is 4.40. The predicted molar refractivity (Wildman–Crippen MR) is 20.3 cm³/mol. The topological polar surface area (TPSA) is 57.5 Å². The van der Waals surface area contributed by atoms with Gasteiger partial charge in [0.25, 0.3) is 0 Å². The molecule has 7 heavy (non-hydrogen) atoms. The molecule has 7 heteroatoms. The molecule has 0 bridgehead atoms. The molecule has 0 fully saturated rings.